The fourth-order valence-corrected chi connectivity index (χ4v) is 6.09. The molecule has 3 aromatic rings. The minimum atomic E-state index is -0.171. The second-order valence-electron chi connectivity index (χ2n) is 11.5. The molecule has 1 saturated heterocycles. The zero-order valence-electron chi connectivity index (χ0n) is 23.0. The molecule has 0 bridgehead atoms. The first-order valence-electron chi connectivity index (χ1n) is 14.2. The third-order valence-electron chi connectivity index (χ3n) is 8.38. The van der Waals surface area contributed by atoms with Crippen LogP contribution in [0.5, 0.6) is 0 Å². The van der Waals surface area contributed by atoms with Crippen molar-refractivity contribution in [1.29, 1.82) is 0 Å². The fourth-order valence-electron chi connectivity index (χ4n) is 6.09. The van der Waals surface area contributed by atoms with Crippen LogP contribution < -0.4 is 5.32 Å². The average molecular weight is 505 g/mol. The Morgan fingerprint density at radius 3 is 2.54 bits per heavy atom. The molecule has 200 valence electrons. The number of anilines is 1. The van der Waals surface area contributed by atoms with E-state index in [0.717, 1.165) is 62.6 Å². The van der Waals surface area contributed by atoms with E-state index in [0.29, 0.717) is 24.1 Å². The number of aromatic nitrogens is 3. The van der Waals surface area contributed by atoms with Gasteiger partial charge in [-0.25, -0.2) is 4.98 Å². The van der Waals surface area contributed by atoms with Gasteiger partial charge in [0.2, 0.25) is 5.95 Å². The smallest absolute Gasteiger partial charge is 0.224 e. The molecule has 0 spiro atoms. The van der Waals surface area contributed by atoms with Crippen LogP contribution in [0, 0.1) is 0 Å². The highest BCUT2D eigenvalue weighted by molar-refractivity contribution is 5.94. The third-order valence-corrected chi connectivity index (χ3v) is 8.38. The summed E-state index contributed by atoms with van der Waals surface area (Å²) in [5.41, 5.74) is 4.75. The van der Waals surface area contributed by atoms with Gasteiger partial charge in [0, 0.05) is 61.1 Å². The normalized spacial score (nSPS) is 23.7. The van der Waals surface area contributed by atoms with Gasteiger partial charge in [-0.1, -0.05) is 37.6 Å². The molecule has 7 heteroatoms. The number of aliphatic hydroxyl groups is 1. The summed E-state index contributed by atoms with van der Waals surface area (Å²) in [4.78, 5) is 14.6. The Morgan fingerprint density at radius 2 is 1.86 bits per heavy atom. The number of benzene rings is 1. The maximum Gasteiger partial charge on any atom is 0.224 e. The highest BCUT2D eigenvalue weighted by atomic mass is 16.3. The minimum Gasteiger partial charge on any atom is -0.393 e. The van der Waals surface area contributed by atoms with Crippen LogP contribution in [-0.4, -0.2) is 74.8 Å². The number of likely N-dealkylation sites (tertiary alicyclic amines) is 1. The first kappa shape index (κ1) is 26.1. The van der Waals surface area contributed by atoms with Crippen molar-refractivity contribution in [2.75, 3.05) is 32.5 Å². The quantitative estimate of drug-likeness (QED) is 0.412. The van der Waals surface area contributed by atoms with E-state index in [1.165, 1.54) is 29.7 Å². The zero-order chi connectivity index (χ0) is 25.9. The van der Waals surface area contributed by atoms with E-state index in [-0.39, 0.29) is 6.10 Å². The second-order valence-corrected chi connectivity index (χ2v) is 11.5. The molecule has 3 heterocycles. The number of hydrogen-bond donors (Lipinski definition) is 2. The van der Waals surface area contributed by atoms with Crippen LogP contribution in [-0.2, 0) is 6.54 Å². The van der Waals surface area contributed by atoms with Gasteiger partial charge >= 0.3 is 0 Å². The van der Waals surface area contributed by atoms with Gasteiger partial charge in [0.25, 0.3) is 0 Å². The molecule has 1 saturated carbocycles. The van der Waals surface area contributed by atoms with Crippen LogP contribution in [0.4, 0.5) is 5.95 Å². The summed E-state index contributed by atoms with van der Waals surface area (Å²) in [5.74, 6) is 0.701. The van der Waals surface area contributed by atoms with Crippen molar-refractivity contribution in [2.24, 2.45) is 0 Å². The van der Waals surface area contributed by atoms with E-state index in [4.69, 9.17) is 9.97 Å². The van der Waals surface area contributed by atoms with E-state index in [9.17, 15) is 5.11 Å². The van der Waals surface area contributed by atoms with Crippen LogP contribution in [0.2, 0.25) is 0 Å². The van der Waals surface area contributed by atoms with Crippen LogP contribution >= 0.6 is 0 Å². The molecule has 1 aliphatic carbocycles. The van der Waals surface area contributed by atoms with Gasteiger partial charge in [-0.05, 0) is 70.7 Å². The van der Waals surface area contributed by atoms with Crippen LogP contribution in [0.25, 0.3) is 22.2 Å². The summed E-state index contributed by atoms with van der Waals surface area (Å²) in [7, 11) is 4.37. The van der Waals surface area contributed by atoms with E-state index in [1.54, 1.807) is 0 Å². The maximum atomic E-state index is 10.1. The predicted molar refractivity (Wildman–Crippen MR) is 152 cm³/mol. The molecule has 2 N–H and O–H groups in total. The van der Waals surface area contributed by atoms with Crippen LogP contribution in [0.15, 0.2) is 36.7 Å². The van der Waals surface area contributed by atoms with Crippen molar-refractivity contribution in [3.8, 4) is 11.1 Å². The summed E-state index contributed by atoms with van der Waals surface area (Å²) >= 11 is 0. The standard InChI is InChI=1S/C30H44N6O/c1-5-6-21(2)32-30-31-17-27-28(20-36(29(27)33-30)24-11-13-26(37)14-12-24)23-9-7-22(8-10-23)18-35-16-15-25(19-35)34(3)4/h7-10,17,20-21,24-26,37H,5-6,11-16,18-19H2,1-4H3,(H,31,32,33)/t21-,24?,25-,26?/m0/s1. The zero-order valence-corrected chi connectivity index (χ0v) is 23.0. The van der Waals surface area contributed by atoms with Gasteiger partial charge in [0.1, 0.15) is 5.65 Å². The van der Waals surface area contributed by atoms with Crippen LogP contribution in [0.1, 0.15) is 70.4 Å². The number of rotatable bonds is 9. The van der Waals surface area contributed by atoms with E-state index in [2.05, 4.69) is 78.1 Å². The Morgan fingerprint density at radius 1 is 1.11 bits per heavy atom. The van der Waals surface area contributed by atoms with Gasteiger partial charge in [-0.15, -0.1) is 0 Å². The van der Waals surface area contributed by atoms with Gasteiger partial charge < -0.3 is 19.9 Å². The monoisotopic (exact) mass is 504 g/mol. The lowest BCUT2D eigenvalue weighted by molar-refractivity contribution is 0.111. The Bertz CT molecular complexity index is 1160. The molecule has 7 nitrogen and oxygen atoms in total. The van der Waals surface area contributed by atoms with Gasteiger partial charge in [-0.2, -0.15) is 4.98 Å². The van der Waals surface area contributed by atoms with Crippen molar-refractivity contribution in [3.63, 3.8) is 0 Å². The van der Waals surface area contributed by atoms with E-state index in [1.807, 2.05) is 6.20 Å². The van der Waals surface area contributed by atoms with E-state index >= 15 is 0 Å². The van der Waals surface area contributed by atoms with Crippen molar-refractivity contribution in [2.45, 2.75) is 89.6 Å². The van der Waals surface area contributed by atoms with Crippen molar-refractivity contribution in [3.05, 3.63) is 42.2 Å². The summed E-state index contributed by atoms with van der Waals surface area (Å²) in [6, 6.07) is 10.4. The Kier molecular flexibility index (Phi) is 8.12. The first-order chi connectivity index (χ1) is 17.9. The largest absolute Gasteiger partial charge is 0.393 e. The number of fused-ring (bicyclic) bond motifs is 1. The molecule has 2 aromatic heterocycles. The Hall–Kier alpha value is -2.48. The third kappa shape index (κ3) is 6.00. The molecular formula is C30H44N6O. The summed E-state index contributed by atoms with van der Waals surface area (Å²) in [5, 5.41) is 14.7. The van der Waals surface area contributed by atoms with Crippen molar-refractivity contribution >= 4 is 17.0 Å². The van der Waals surface area contributed by atoms with Gasteiger partial charge in [0.15, 0.2) is 0 Å². The topological polar surface area (TPSA) is 69.5 Å². The highest BCUT2D eigenvalue weighted by Crippen LogP contribution is 2.37. The lowest BCUT2D eigenvalue weighted by atomic mass is 9.93. The predicted octanol–water partition coefficient (Wildman–Crippen LogP) is 5.31. The second kappa shape index (κ2) is 11.5. The first-order valence-corrected chi connectivity index (χ1v) is 14.2. The molecule has 0 amide bonds. The Balaban J connectivity index is 1.41. The number of aliphatic hydroxyl groups excluding tert-OH is 1. The minimum absolute atomic E-state index is 0.171. The van der Waals surface area contributed by atoms with Gasteiger partial charge in [-0.3, -0.25) is 4.90 Å². The molecule has 2 aliphatic rings. The Labute approximate surface area is 221 Å². The van der Waals surface area contributed by atoms with Crippen LogP contribution in [0.3, 0.4) is 0 Å². The molecule has 2 fully saturated rings. The summed E-state index contributed by atoms with van der Waals surface area (Å²) in [6.45, 7) is 7.70. The lowest BCUT2D eigenvalue weighted by Crippen LogP contribution is -2.31. The number of likely N-dealkylation sites (N-methyl/N-ethyl adjacent to an activating group) is 1. The highest BCUT2D eigenvalue weighted by Gasteiger charge is 2.25. The molecule has 0 radical (unpaired) electrons. The summed E-state index contributed by atoms with van der Waals surface area (Å²) in [6.07, 6.45) is 11.2. The molecule has 1 aliphatic heterocycles. The maximum absolute atomic E-state index is 10.1. The van der Waals surface area contributed by atoms with Crippen molar-refractivity contribution in [1.82, 2.24) is 24.3 Å². The number of hydrogen-bond acceptors (Lipinski definition) is 6. The van der Waals surface area contributed by atoms with Gasteiger partial charge in [0.05, 0.1) is 6.10 Å². The SMILES string of the molecule is CCC[C@H](C)Nc1ncc2c(-c3ccc(CN4CC[C@H](N(C)C)C4)cc3)cn(C3CCC(O)CC3)c2n1. The van der Waals surface area contributed by atoms with E-state index < -0.39 is 0 Å². The lowest BCUT2D eigenvalue weighted by Gasteiger charge is -2.27. The molecular weight excluding hydrogens is 460 g/mol. The molecule has 5 rings (SSSR count). The molecule has 2 atom stereocenters. The fraction of sp³-hybridized carbons (Fsp3) is 0.600. The molecule has 1 aromatic carbocycles. The molecule has 37 heavy (non-hydrogen) atoms. The van der Waals surface area contributed by atoms with Crippen molar-refractivity contribution < 1.29 is 5.11 Å². The number of nitrogens with zero attached hydrogens (tertiary/aromatic N) is 5. The molecule has 0 unspecified atom stereocenters. The average Bonchev–Trinajstić information content (AvgIpc) is 3.50. The summed E-state index contributed by atoms with van der Waals surface area (Å²) < 4.78 is 2.35. The number of nitrogens with one attached hydrogen (secondary N) is 1.